The minimum absolute atomic E-state index is 0.110. The highest BCUT2D eigenvalue weighted by Gasteiger charge is 2.22. The van der Waals surface area contributed by atoms with E-state index in [9.17, 15) is 0 Å². The van der Waals surface area contributed by atoms with Gasteiger partial charge in [-0.25, -0.2) is 4.98 Å². The van der Waals surface area contributed by atoms with Crippen molar-refractivity contribution in [1.29, 1.82) is 0 Å². The number of nitrogens with one attached hydrogen (secondary N) is 1. The fourth-order valence-corrected chi connectivity index (χ4v) is 1.77. The first kappa shape index (κ1) is 11.9. The summed E-state index contributed by atoms with van der Waals surface area (Å²) in [5.41, 5.74) is 9.14. The van der Waals surface area contributed by atoms with Crippen molar-refractivity contribution in [2.75, 3.05) is 6.54 Å². The number of imidazole rings is 1. The van der Waals surface area contributed by atoms with E-state index in [1.54, 1.807) is 0 Å². The van der Waals surface area contributed by atoms with Crippen LogP contribution in [0.1, 0.15) is 25.2 Å². The Morgan fingerprint density at radius 1 is 1.29 bits per heavy atom. The average molecular weight is 229 g/mol. The molecule has 0 aliphatic heterocycles. The van der Waals surface area contributed by atoms with Gasteiger partial charge in [0.05, 0.1) is 11.9 Å². The molecule has 0 bridgehead atoms. The van der Waals surface area contributed by atoms with E-state index >= 15 is 0 Å². The molecule has 0 radical (unpaired) electrons. The molecule has 0 fully saturated rings. The maximum Gasteiger partial charge on any atom is 0.113 e. The molecule has 0 atom stereocenters. The molecule has 17 heavy (non-hydrogen) atoms. The molecule has 1 aromatic carbocycles. The fourth-order valence-electron chi connectivity index (χ4n) is 1.77. The van der Waals surface area contributed by atoms with Crippen LogP contribution < -0.4 is 5.73 Å². The zero-order valence-corrected chi connectivity index (χ0v) is 10.6. The lowest BCUT2D eigenvalue weighted by molar-refractivity contribution is 0.508. The highest BCUT2D eigenvalue weighted by molar-refractivity contribution is 5.62. The van der Waals surface area contributed by atoms with Gasteiger partial charge in [0.1, 0.15) is 5.82 Å². The summed E-state index contributed by atoms with van der Waals surface area (Å²) in [4.78, 5) is 7.81. The number of hydrogen-bond acceptors (Lipinski definition) is 2. The molecular formula is C14H19N3. The van der Waals surface area contributed by atoms with E-state index < -0.39 is 0 Å². The lowest BCUT2D eigenvalue weighted by Crippen LogP contribution is -2.29. The van der Waals surface area contributed by atoms with Crippen LogP contribution in [0.5, 0.6) is 0 Å². The Hall–Kier alpha value is -1.61. The van der Waals surface area contributed by atoms with E-state index in [0.29, 0.717) is 6.54 Å². The van der Waals surface area contributed by atoms with Gasteiger partial charge < -0.3 is 10.7 Å². The Balaban J connectivity index is 2.40. The minimum Gasteiger partial charge on any atom is -0.342 e. The summed E-state index contributed by atoms with van der Waals surface area (Å²) in [6.45, 7) is 6.86. The van der Waals surface area contributed by atoms with Gasteiger partial charge in [-0.1, -0.05) is 38.1 Å². The van der Waals surface area contributed by atoms with Crippen LogP contribution in [0.25, 0.3) is 11.3 Å². The molecule has 0 amide bonds. The van der Waals surface area contributed by atoms with E-state index in [2.05, 4.69) is 42.9 Å². The smallest absolute Gasteiger partial charge is 0.113 e. The second kappa shape index (κ2) is 4.34. The Labute approximate surface area is 102 Å². The Kier molecular flexibility index (Phi) is 3.03. The first-order chi connectivity index (χ1) is 8.04. The number of aromatic amines is 1. The SMILES string of the molecule is Cc1ccccc1-c1cnc(C(C)(C)CN)[nH]1. The molecule has 2 rings (SSSR count). The predicted molar refractivity (Wildman–Crippen MR) is 70.8 cm³/mol. The summed E-state index contributed by atoms with van der Waals surface area (Å²) in [5.74, 6) is 0.943. The summed E-state index contributed by atoms with van der Waals surface area (Å²) in [7, 11) is 0. The van der Waals surface area contributed by atoms with Gasteiger partial charge in [0.2, 0.25) is 0 Å². The van der Waals surface area contributed by atoms with Crippen molar-refractivity contribution in [3.63, 3.8) is 0 Å². The third-order valence-electron chi connectivity index (χ3n) is 3.16. The van der Waals surface area contributed by atoms with Crippen LogP contribution in [0.3, 0.4) is 0 Å². The monoisotopic (exact) mass is 229 g/mol. The molecule has 3 N–H and O–H groups in total. The van der Waals surface area contributed by atoms with E-state index in [0.717, 1.165) is 11.5 Å². The number of nitrogens with two attached hydrogens (primary N) is 1. The van der Waals surface area contributed by atoms with Gasteiger partial charge in [-0.2, -0.15) is 0 Å². The van der Waals surface area contributed by atoms with Crippen LogP contribution in [0.15, 0.2) is 30.5 Å². The van der Waals surface area contributed by atoms with Crippen molar-refractivity contribution < 1.29 is 0 Å². The lowest BCUT2D eigenvalue weighted by Gasteiger charge is -2.19. The van der Waals surface area contributed by atoms with Crippen molar-refractivity contribution in [1.82, 2.24) is 9.97 Å². The van der Waals surface area contributed by atoms with E-state index in [1.807, 2.05) is 18.3 Å². The summed E-state index contributed by atoms with van der Waals surface area (Å²) in [6, 6.07) is 8.28. The number of benzene rings is 1. The van der Waals surface area contributed by atoms with Crippen LogP contribution in [0.2, 0.25) is 0 Å². The minimum atomic E-state index is -0.110. The Bertz CT molecular complexity index is 512. The molecule has 0 saturated carbocycles. The van der Waals surface area contributed by atoms with Crippen molar-refractivity contribution in [2.45, 2.75) is 26.2 Å². The van der Waals surface area contributed by atoms with Crippen molar-refractivity contribution in [2.24, 2.45) is 5.73 Å². The standard InChI is InChI=1S/C14H19N3/c1-10-6-4-5-7-11(10)12-8-16-13(17-12)14(2,3)9-15/h4-8H,9,15H2,1-3H3,(H,16,17). The molecule has 1 heterocycles. The molecule has 0 spiro atoms. The second-order valence-corrected chi connectivity index (χ2v) is 5.05. The summed E-state index contributed by atoms with van der Waals surface area (Å²) < 4.78 is 0. The van der Waals surface area contributed by atoms with Gasteiger partial charge in [-0.05, 0) is 12.5 Å². The Morgan fingerprint density at radius 3 is 2.65 bits per heavy atom. The van der Waals surface area contributed by atoms with Gasteiger partial charge in [-0.15, -0.1) is 0 Å². The highest BCUT2D eigenvalue weighted by atomic mass is 14.9. The molecular weight excluding hydrogens is 210 g/mol. The van der Waals surface area contributed by atoms with Crippen LogP contribution >= 0.6 is 0 Å². The van der Waals surface area contributed by atoms with E-state index in [1.165, 1.54) is 11.1 Å². The fraction of sp³-hybridized carbons (Fsp3) is 0.357. The van der Waals surface area contributed by atoms with Crippen LogP contribution in [-0.4, -0.2) is 16.5 Å². The van der Waals surface area contributed by atoms with Gasteiger partial charge in [-0.3, -0.25) is 0 Å². The Morgan fingerprint density at radius 2 is 2.00 bits per heavy atom. The quantitative estimate of drug-likeness (QED) is 0.850. The van der Waals surface area contributed by atoms with E-state index in [-0.39, 0.29) is 5.41 Å². The number of hydrogen-bond donors (Lipinski definition) is 2. The molecule has 1 aromatic heterocycles. The molecule has 90 valence electrons. The highest BCUT2D eigenvalue weighted by Crippen LogP contribution is 2.25. The van der Waals surface area contributed by atoms with Crippen molar-refractivity contribution >= 4 is 0 Å². The summed E-state index contributed by atoms with van der Waals surface area (Å²) >= 11 is 0. The zero-order chi connectivity index (χ0) is 12.5. The largest absolute Gasteiger partial charge is 0.342 e. The maximum absolute atomic E-state index is 5.76. The van der Waals surface area contributed by atoms with Gasteiger partial charge in [0.15, 0.2) is 0 Å². The van der Waals surface area contributed by atoms with Gasteiger partial charge in [0, 0.05) is 17.5 Å². The summed E-state index contributed by atoms with van der Waals surface area (Å²) in [6.07, 6.45) is 1.88. The molecule has 0 aliphatic carbocycles. The first-order valence-corrected chi connectivity index (χ1v) is 5.86. The topological polar surface area (TPSA) is 54.7 Å². The third-order valence-corrected chi connectivity index (χ3v) is 3.16. The summed E-state index contributed by atoms with van der Waals surface area (Å²) in [5, 5.41) is 0. The third kappa shape index (κ3) is 2.24. The molecule has 2 aromatic rings. The molecule has 3 heteroatoms. The first-order valence-electron chi connectivity index (χ1n) is 5.86. The van der Waals surface area contributed by atoms with Crippen molar-refractivity contribution in [3.05, 3.63) is 41.9 Å². The average Bonchev–Trinajstić information content (AvgIpc) is 2.79. The van der Waals surface area contributed by atoms with Gasteiger partial charge in [0.25, 0.3) is 0 Å². The number of nitrogens with zero attached hydrogens (tertiary/aromatic N) is 1. The van der Waals surface area contributed by atoms with Crippen molar-refractivity contribution in [3.8, 4) is 11.3 Å². The van der Waals surface area contributed by atoms with Crippen LogP contribution in [-0.2, 0) is 5.41 Å². The lowest BCUT2D eigenvalue weighted by atomic mass is 9.93. The van der Waals surface area contributed by atoms with Crippen LogP contribution in [0, 0.1) is 6.92 Å². The maximum atomic E-state index is 5.76. The normalized spacial score (nSPS) is 11.8. The molecule has 3 nitrogen and oxygen atoms in total. The van der Waals surface area contributed by atoms with Gasteiger partial charge >= 0.3 is 0 Å². The van der Waals surface area contributed by atoms with E-state index in [4.69, 9.17) is 5.73 Å². The molecule has 0 saturated heterocycles. The number of rotatable bonds is 3. The predicted octanol–water partition coefficient (Wildman–Crippen LogP) is 2.62. The zero-order valence-electron chi connectivity index (χ0n) is 10.6. The number of H-pyrrole nitrogens is 1. The number of aromatic nitrogens is 2. The molecule has 0 unspecified atom stereocenters. The number of aryl methyl sites for hydroxylation is 1. The second-order valence-electron chi connectivity index (χ2n) is 5.05. The molecule has 0 aliphatic rings. The van der Waals surface area contributed by atoms with Crippen LogP contribution in [0.4, 0.5) is 0 Å².